The van der Waals surface area contributed by atoms with Gasteiger partial charge in [-0.25, -0.2) is 0 Å². The normalized spacial score (nSPS) is 23.1. The Kier molecular flexibility index (Phi) is 31.4. The van der Waals surface area contributed by atoms with E-state index in [4.69, 9.17) is 23.7 Å². The highest BCUT2D eigenvalue weighted by Gasteiger charge is 2.60. The first kappa shape index (κ1) is 63.3. The fraction of sp³-hybridized carbons (Fsp3) is 0.873. The van der Waals surface area contributed by atoms with Crippen LogP contribution in [0.5, 0.6) is 0 Å². The summed E-state index contributed by atoms with van der Waals surface area (Å²) in [6, 6.07) is 0. The molecule has 0 aromatic heterocycles. The second kappa shape index (κ2) is 36.7. The quantitative estimate of drug-likeness (QED) is 0.0327. The van der Waals surface area contributed by atoms with Gasteiger partial charge in [-0.2, -0.15) is 0 Å². The lowest BCUT2D eigenvalue weighted by Gasteiger charge is -2.57. The maximum Gasteiger partial charge on any atom is 0.306 e. The number of fused-ring (bicyclic) bond motifs is 5. The summed E-state index contributed by atoms with van der Waals surface area (Å²) < 4.78 is 28.2. The van der Waals surface area contributed by atoms with Crippen molar-refractivity contribution in [2.75, 3.05) is 19.8 Å². The van der Waals surface area contributed by atoms with Gasteiger partial charge >= 0.3 is 29.8 Å². The van der Waals surface area contributed by atoms with E-state index in [1.54, 1.807) is 0 Å². The Balaban J connectivity index is 1.08. The van der Waals surface area contributed by atoms with Gasteiger partial charge in [0.05, 0.1) is 19.4 Å². The van der Waals surface area contributed by atoms with Crippen molar-refractivity contribution < 1.29 is 52.5 Å². The molecule has 74 heavy (non-hydrogen) atoms. The van der Waals surface area contributed by atoms with E-state index >= 15 is 0 Å². The molecule has 0 radical (unpaired) electrons. The number of carbonyl (C=O) groups excluding carboxylic acids is 6. The van der Waals surface area contributed by atoms with Crippen LogP contribution in [0.4, 0.5) is 0 Å². The van der Waals surface area contributed by atoms with E-state index in [-0.39, 0.29) is 92.5 Å². The lowest BCUT2D eigenvalue weighted by molar-refractivity contribution is -0.167. The van der Waals surface area contributed by atoms with Gasteiger partial charge in [-0.05, 0) is 99.9 Å². The van der Waals surface area contributed by atoms with Gasteiger partial charge in [-0.15, -0.1) is 0 Å². The van der Waals surface area contributed by atoms with Crippen LogP contribution >= 0.6 is 0 Å². The standard InChI is InChI=1S/C63H106O11/c1-5-7-9-11-13-15-17-19-21-23-25-27-29-33-57(65)71-48-52(49-72-58(66)34-30-28-26-24-22-20-18-16-14-12-10-8-6-2)73-61(69)41-40-59(67)70-46-32-31-35-60(68)74-56-39-38-54-53-37-36-50-47-51(64)42-44-62(50,3)55(53)43-45-63(54,56)4/h47,52-56H,5-46,48-49H2,1-4H3/t53-,54-,55-,56?,62-,63-/m0/s1. The molecule has 0 amide bonds. The molecule has 0 aromatic rings. The van der Waals surface area contributed by atoms with Crippen molar-refractivity contribution in [1.82, 2.24) is 0 Å². The minimum absolute atomic E-state index is 0.0262. The predicted molar refractivity (Wildman–Crippen MR) is 293 cm³/mol. The first-order chi connectivity index (χ1) is 35.9. The van der Waals surface area contributed by atoms with Crippen LogP contribution in [0.25, 0.3) is 0 Å². The van der Waals surface area contributed by atoms with Crippen LogP contribution in [0.3, 0.4) is 0 Å². The van der Waals surface area contributed by atoms with Crippen LogP contribution in [0, 0.1) is 28.6 Å². The van der Waals surface area contributed by atoms with Gasteiger partial charge in [0.1, 0.15) is 19.3 Å². The number of allylic oxidation sites excluding steroid dienone is 1. The minimum Gasteiger partial charge on any atom is -0.466 e. The zero-order valence-corrected chi connectivity index (χ0v) is 47.6. The van der Waals surface area contributed by atoms with E-state index < -0.39 is 18.0 Å². The highest BCUT2D eigenvalue weighted by molar-refractivity contribution is 5.91. The Hall–Kier alpha value is -3.24. The molecule has 4 aliphatic carbocycles. The van der Waals surface area contributed by atoms with Crippen molar-refractivity contribution in [2.24, 2.45) is 28.6 Å². The third kappa shape index (κ3) is 23.6. The molecule has 0 aliphatic heterocycles. The monoisotopic (exact) mass is 1040 g/mol. The van der Waals surface area contributed by atoms with E-state index in [9.17, 15) is 28.8 Å². The Bertz CT molecular complexity index is 1630. The summed E-state index contributed by atoms with van der Waals surface area (Å²) in [5.74, 6) is -0.170. The molecule has 424 valence electrons. The number of ether oxygens (including phenoxy) is 5. The molecule has 11 nitrogen and oxygen atoms in total. The van der Waals surface area contributed by atoms with Gasteiger partial charge in [0.2, 0.25) is 0 Å². The Labute approximate surface area is 449 Å². The van der Waals surface area contributed by atoms with Gasteiger partial charge in [0, 0.05) is 31.1 Å². The summed E-state index contributed by atoms with van der Waals surface area (Å²) in [5, 5.41) is 0. The molecule has 0 spiro atoms. The summed E-state index contributed by atoms with van der Waals surface area (Å²) in [7, 11) is 0. The predicted octanol–water partition coefficient (Wildman–Crippen LogP) is 15.9. The van der Waals surface area contributed by atoms with Gasteiger partial charge in [-0.1, -0.05) is 187 Å². The number of unbranched alkanes of at least 4 members (excludes halogenated alkanes) is 25. The van der Waals surface area contributed by atoms with Crippen molar-refractivity contribution in [3.8, 4) is 0 Å². The molecular weight excluding hydrogens is 933 g/mol. The van der Waals surface area contributed by atoms with Crippen molar-refractivity contribution in [2.45, 2.75) is 303 Å². The zero-order valence-electron chi connectivity index (χ0n) is 47.6. The van der Waals surface area contributed by atoms with Crippen LogP contribution in [0.2, 0.25) is 0 Å². The molecule has 6 atom stereocenters. The Morgan fingerprint density at radius 1 is 0.486 bits per heavy atom. The average molecular weight is 1040 g/mol. The lowest BCUT2D eigenvalue weighted by atomic mass is 9.47. The molecule has 0 heterocycles. The van der Waals surface area contributed by atoms with Crippen molar-refractivity contribution in [3.63, 3.8) is 0 Å². The maximum absolute atomic E-state index is 13.1. The number of hydrogen-bond acceptors (Lipinski definition) is 11. The Morgan fingerprint density at radius 2 is 0.946 bits per heavy atom. The van der Waals surface area contributed by atoms with Crippen molar-refractivity contribution in [1.29, 1.82) is 0 Å². The van der Waals surface area contributed by atoms with Crippen LogP contribution in [0.1, 0.15) is 291 Å². The molecule has 4 rings (SSSR count). The van der Waals surface area contributed by atoms with E-state index in [0.717, 1.165) is 83.5 Å². The summed E-state index contributed by atoms with van der Waals surface area (Å²) in [6.07, 6.45) is 41.7. The van der Waals surface area contributed by atoms with Gasteiger partial charge in [0.15, 0.2) is 11.9 Å². The number of hydrogen-bond donors (Lipinski definition) is 0. The topological polar surface area (TPSA) is 149 Å². The van der Waals surface area contributed by atoms with Crippen LogP contribution in [-0.2, 0) is 52.5 Å². The summed E-state index contributed by atoms with van der Waals surface area (Å²) in [6.45, 7) is 8.89. The fourth-order valence-electron chi connectivity index (χ4n) is 13.2. The molecule has 0 aromatic carbocycles. The highest BCUT2D eigenvalue weighted by Crippen LogP contribution is 2.65. The second-order valence-corrected chi connectivity index (χ2v) is 23.7. The van der Waals surface area contributed by atoms with Gasteiger partial charge in [0.25, 0.3) is 0 Å². The fourth-order valence-corrected chi connectivity index (χ4v) is 13.2. The third-order valence-corrected chi connectivity index (χ3v) is 17.8. The smallest absolute Gasteiger partial charge is 0.306 e. The van der Waals surface area contributed by atoms with E-state index in [2.05, 4.69) is 27.7 Å². The SMILES string of the molecule is CCCCCCCCCCCCCCCC(=O)OCC(COC(=O)CCCCCCCCCCCCCCC)OC(=O)CCC(=O)OCCCCC(=O)OC1CC[C@H]2[C@@H]3CCC4=CC(=O)CC[C@]4(C)[C@H]3CC[C@]12C. The number of ketones is 1. The largest absolute Gasteiger partial charge is 0.466 e. The number of esters is 5. The third-order valence-electron chi connectivity index (χ3n) is 17.8. The molecule has 3 fully saturated rings. The zero-order chi connectivity index (χ0) is 53.3. The molecular formula is C63H106O11. The number of rotatable bonds is 42. The lowest BCUT2D eigenvalue weighted by Crippen LogP contribution is -2.51. The van der Waals surface area contributed by atoms with Crippen LogP contribution in [-0.4, -0.2) is 67.7 Å². The molecule has 3 saturated carbocycles. The summed E-state index contributed by atoms with van der Waals surface area (Å²) in [5.41, 5.74) is 1.46. The highest BCUT2D eigenvalue weighted by atomic mass is 16.6. The van der Waals surface area contributed by atoms with Crippen LogP contribution in [0.15, 0.2) is 11.6 Å². The average Bonchev–Trinajstić information content (AvgIpc) is 3.72. The second-order valence-electron chi connectivity index (χ2n) is 23.7. The number of carbonyl (C=O) groups is 6. The van der Waals surface area contributed by atoms with E-state index in [0.29, 0.717) is 37.0 Å². The van der Waals surface area contributed by atoms with Gasteiger partial charge < -0.3 is 23.7 Å². The summed E-state index contributed by atoms with van der Waals surface area (Å²) in [4.78, 5) is 76.3. The Morgan fingerprint density at radius 3 is 1.47 bits per heavy atom. The molecule has 4 aliphatic rings. The summed E-state index contributed by atoms with van der Waals surface area (Å²) >= 11 is 0. The van der Waals surface area contributed by atoms with E-state index in [1.165, 1.54) is 134 Å². The molecule has 0 saturated heterocycles. The minimum atomic E-state index is -0.983. The molecule has 0 bridgehead atoms. The van der Waals surface area contributed by atoms with Crippen LogP contribution < -0.4 is 0 Å². The van der Waals surface area contributed by atoms with E-state index in [1.807, 2.05) is 6.08 Å². The van der Waals surface area contributed by atoms with Gasteiger partial charge in [-0.3, -0.25) is 28.8 Å². The molecule has 0 N–H and O–H groups in total. The van der Waals surface area contributed by atoms with Crippen molar-refractivity contribution >= 4 is 35.6 Å². The first-order valence-corrected chi connectivity index (χ1v) is 31.0. The van der Waals surface area contributed by atoms with Crippen molar-refractivity contribution in [3.05, 3.63) is 11.6 Å². The molecule has 1 unspecified atom stereocenters. The molecule has 11 heteroatoms. The maximum atomic E-state index is 13.1. The first-order valence-electron chi connectivity index (χ1n) is 31.0.